The van der Waals surface area contributed by atoms with Crippen molar-refractivity contribution in [3.05, 3.63) is 54.4 Å². The lowest BCUT2D eigenvalue weighted by molar-refractivity contribution is -0.113. The number of amides is 1. The Balaban J connectivity index is 1.46. The Kier molecular flexibility index (Phi) is 6.74. The fourth-order valence-electron chi connectivity index (χ4n) is 2.23. The minimum absolute atomic E-state index is 0.124. The molecule has 0 spiro atoms. The van der Waals surface area contributed by atoms with E-state index in [2.05, 4.69) is 15.5 Å². The number of carbonyl (C=O) groups is 1. The predicted octanol–water partition coefficient (Wildman–Crippen LogP) is 3.40. The standard InChI is InChI=1S/C19H19N3O5S/c1-24-13-7-9-14(10-8-13)26-11-18-21-22-19(27-18)28-12-17(23)20-15-5-3-4-6-16(15)25-2/h3-10H,11-12H2,1-2H3,(H,20,23). The molecule has 28 heavy (non-hydrogen) atoms. The zero-order valence-electron chi connectivity index (χ0n) is 15.4. The van der Waals surface area contributed by atoms with E-state index < -0.39 is 0 Å². The molecule has 3 aromatic rings. The van der Waals surface area contributed by atoms with Crippen LogP contribution in [0.4, 0.5) is 5.69 Å². The van der Waals surface area contributed by atoms with Crippen molar-refractivity contribution >= 4 is 23.4 Å². The number of benzene rings is 2. The van der Waals surface area contributed by atoms with Crippen molar-refractivity contribution in [2.45, 2.75) is 11.8 Å². The number of methoxy groups -OCH3 is 2. The van der Waals surface area contributed by atoms with Gasteiger partial charge in [0.2, 0.25) is 5.91 Å². The molecule has 0 radical (unpaired) electrons. The van der Waals surface area contributed by atoms with Crippen molar-refractivity contribution in [1.82, 2.24) is 10.2 Å². The van der Waals surface area contributed by atoms with Crippen molar-refractivity contribution in [3.63, 3.8) is 0 Å². The summed E-state index contributed by atoms with van der Waals surface area (Å²) < 4.78 is 21.4. The maximum atomic E-state index is 12.1. The molecule has 1 amide bonds. The van der Waals surface area contributed by atoms with E-state index in [0.717, 1.165) is 17.5 Å². The van der Waals surface area contributed by atoms with E-state index in [-0.39, 0.29) is 18.3 Å². The number of hydrogen-bond acceptors (Lipinski definition) is 8. The minimum atomic E-state index is -0.205. The van der Waals surface area contributed by atoms with Gasteiger partial charge in [-0.05, 0) is 36.4 Å². The van der Waals surface area contributed by atoms with E-state index >= 15 is 0 Å². The third kappa shape index (κ3) is 5.40. The number of thioether (sulfide) groups is 1. The van der Waals surface area contributed by atoms with E-state index in [1.807, 2.05) is 12.1 Å². The number of nitrogens with one attached hydrogen (secondary N) is 1. The normalized spacial score (nSPS) is 10.4. The molecule has 8 nitrogen and oxygen atoms in total. The van der Waals surface area contributed by atoms with Crippen LogP contribution in [0, 0.1) is 0 Å². The van der Waals surface area contributed by atoms with E-state index in [1.165, 1.54) is 0 Å². The number of aromatic nitrogens is 2. The average molecular weight is 401 g/mol. The first-order valence-electron chi connectivity index (χ1n) is 8.33. The third-order valence-electron chi connectivity index (χ3n) is 3.58. The van der Waals surface area contributed by atoms with Crippen LogP contribution < -0.4 is 19.5 Å². The van der Waals surface area contributed by atoms with Gasteiger partial charge in [0.05, 0.1) is 25.7 Å². The number of hydrogen-bond donors (Lipinski definition) is 1. The Morgan fingerprint density at radius 1 is 1.04 bits per heavy atom. The van der Waals surface area contributed by atoms with Gasteiger partial charge in [0.1, 0.15) is 17.2 Å². The highest BCUT2D eigenvalue weighted by Gasteiger charge is 2.12. The van der Waals surface area contributed by atoms with Crippen molar-refractivity contribution in [3.8, 4) is 17.2 Å². The molecule has 1 heterocycles. The van der Waals surface area contributed by atoms with Crippen LogP contribution in [0.1, 0.15) is 5.89 Å². The predicted molar refractivity (Wildman–Crippen MR) is 104 cm³/mol. The lowest BCUT2D eigenvalue weighted by atomic mass is 10.3. The Bertz CT molecular complexity index is 914. The Morgan fingerprint density at radius 2 is 1.79 bits per heavy atom. The first kappa shape index (κ1) is 19.6. The average Bonchev–Trinajstić information content (AvgIpc) is 3.19. The molecular formula is C19H19N3O5S. The summed E-state index contributed by atoms with van der Waals surface area (Å²) in [4.78, 5) is 12.1. The topological polar surface area (TPSA) is 95.7 Å². The Labute approximate surface area is 166 Å². The van der Waals surface area contributed by atoms with Crippen molar-refractivity contribution in [2.75, 3.05) is 25.3 Å². The molecule has 0 aliphatic carbocycles. The highest BCUT2D eigenvalue weighted by Crippen LogP contribution is 2.24. The maximum absolute atomic E-state index is 12.1. The quantitative estimate of drug-likeness (QED) is 0.545. The molecule has 2 aromatic carbocycles. The van der Waals surface area contributed by atoms with Gasteiger partial charge >= 0.3 is 0 Å². The van der Waals surface area contributed by atoms with Crippen LogP contribution in [0.3, 0.4) is 0 Å². The van der Waals surface area contributed by atoms with Gasteiger partial charge in [0, 0.05) is 0 Å². The summed E-state index contributed by atoms with van der Waals surface area (Å²) >= 11 is 1.14. The van der Waals surface area contributed by atoms with E-state index in [1.54, 1.807) is 50.6 Å². The van der Waals surface area contributed by atoms with Gasteiger partial charge < -0.3 is 23.9 Å². The SMILES string of the molecule is COc1ccc(OCc2nnc(SCC(=O)Nc3ccccc3OC)o2)cc1. The molecule has 0 fully saturated rings. The molecule has 0 bridgehead atoms. The lowest BCUT2D eigenvalue weighted by Crippen LogP contribution is -2.14. The first-order valence-corrected chi connectivity index (χ1v) is 9.31. The third-order valence-corrected chi connectivity index (χ3v) is 4.40. The second kappa shape index (κ2) is 9.65. The summed E-state index contributed by atoms with van der Waals surface area (Å²) in [7, 11) is 3.15. The Morgan fingerprint density at radius 3 is 2.54 bits per heavy atom. The van der Waals surface area contributed by atoms with E-state index in [0.29, 0.717) is 28.3 Å². The molecule has 0 unspecified atom stereocenters. The molecule has 1 aromatic heterocycles. The number of ether oxygens (including phenoxy) is 3. The second-order valence-corrected chi connectivity index (χ2v) is 6.39. The van der Waals surface area contributed by atoms with Crippen molar-refractivity contribution < 1.29 is 23.4 Å². The fourth-order valence-corrected chi connectivity index (χ4v) is 2.81. The number of nitrogens with zero attached hydrogens (tertiary/aromatic N) is 2. The second-order valence-electron chi connectivity index (χ2n) is 5.46. The van der Waals surface area contributed by atoms with Crippen LogP contribution in [0.25, 0.3) is 0 Å². The number of para-hydroxylation sites is 2. The molecule has 0 saturated heterocycles. The highest BCUT2D eigenvalue weighted by atomic mass is 32.2. The molecule has 1 N–H and O–H groups in total. The number of carbonyl (C=O) groups excluding carboxylic acids is 1. The molecule has 0 aliphatic rings. The maximum Gasteiger partial charge on any atom is 0.277 e. The van der Waals surface area contributed by atoms with Crippen molar-refractivity contribution in [2.24, 2.45) is 0 Å². The molecule has 0 aliphatic heterocycles. The van der Waals surface area contributed by atoms with Crippen LogP contribution in [-0.2, 0) is 11.4 Å². The minimum Gasteiger partial charge on any atom is -0.497 e. The van der Waals surface area contributed by atoms with Gasteiger partial charge in [0.25, 0.3) is 11.1 Å². The van der Waals surface area contributed by atoms with Gasteiger partial charge in [-0.15, -0.1) is 10.2 Å². The van der Waals surface area contributed by atoms with Crippen LogP contribution in [0.5, 0.6) is 17.2 Å². The molecule has 0 atom stereocenters. The number of anilines is 1. The van der Waals surface area contributed by atoms with Crippen LogP contribution >= 0.6 is 11.8 Å². The van der Waals surface area contributed by atoms with Crippen LogP contribution in [-0.4, -0.2) is 36.1 Å². The summed E-state index contributed by atoms with van der Waals surface area (Å²) in [6.07, 6.45) is 0. The molecular weight excluding hydrogens is 382 g/mol. The molecule has 9 heteroatoms. The first-order chi connectivity index (χ1) is 13.7. The van der Waals surface area contributed by atoms with E-state index in [4.69, 9.17) is 18.6 Å². The van der Waals surface area contributed by atoms with Gasteiger partial charge in [-0.3, -0.25) is 4.79 Å². The summed E-state index contributed by atoms with van der Waals surface area (Å²) in [6, 6.07) is 14.4. The van der Waals surface area contributed by atoms with Gasteiger partial charge in [-0.25, -0.2) is 0 Å². The molecule has 0 saturated carbocycles. The smallest absolute Gasteiger partial charge is 0.277 e. The molecule has 3 rings (SSSR count). The summed E-state index contributed by atoms with van der Waals surface area (Å²) in [6.45, 7) is 0.132. The van der Waals surface area contributed by atoms with Crippen molar-refractivity contribution in [1.29, 1.82) is 0 Å². The van der Waals surface area contributed by atoms with Gasteiger partial charge in [-0.1, -0.05) is 23.9 Å². The summed E-state index contributed by atoms with van der Waals surface area (Å²) in [5.41, 5.74) is 0.606. The zero-order chi connectivity index (χ0) is 19.8. The highest BCUT2D eigenvalue weighted by molar-refractivity contribution is 7.99. The van der Waals surface area contributed by atoms with E-state index in [9.17, 15) is 4.79 Å². The summed E-state index contributed by atoms with van der Waals surface area (Å²) in [5, 5.41) is 10.9. The number of rotatable bonds is 9. The largest absolute Gasteiger partial charge is 0.497 e. The summed E-state index contributed by atoms with van der Waals surface area (Å²) in [5.74, 6) is 2.24. The zero-order valence-corrected chi connectivity index (χ0v) is 16.2. The Hall–Kier alpha value is -3.20. The van der Waals surface area contributed by atoms with Gasteiger partial charge in [-0.2, -0.15) is 0 Å². The lowest BCUT2D eigenvalue weighted by Gasteiger charge is -2.08. The van der Waals surface area contributed by atoms with Crippen LogP contribution in [0.15, 0.2) is 58.2 Å². The monoisotopic (exact) mass is 401 g/mol. The van der Waals surface area contributed by atoms with Gasteiger partial charge in [0.15, 0.2) is 6.61 Å². The molecule has 146 valence electrons. The fraction of sp³-hybridized carbons (Fsp3) is 0.211. The van der Waals surface area contributed by atoms with Crippen LogP contribution in [0.2, 0.25) is 0 Å².